The van der Waals surface area contributed by atoms with Crippen LogP contribution in [0.1, 0.15) is 0 Å². The van der Waals surface area contributed by atoms with Gasteiger partial charge in [-0.1, -0.05) is 5.23 Å². The van der Waals surface area contributed by atoms with Crippen LogP contribution < -0.4 is 5.73 Å². The first-order valence-electron chi connectivity index (χ1n) is 3.74. The largest absolute Gasteiger partial charge is 0.465 e. The molecule has 0 aliphatic heterocycles. The Morgan fingerprint density at radius 3 is 1.79 bits per heavy atom. The lowest BCUT2D eigenvalue weighted by Gasteiger charge is -2.13. The molecule has 0 saturated heterocycles. The summed E-state index contributed by atoms with van der Waals surface area (Å²) in [6, 6.07) is 0. The number of carbonyl (C=O) groups is 1. The molecule has 0 bridgehead atoms. The third kappa shape index (κ3) is 22.5. The van der Waals surface area contributed by atoms with E-state index in [9.17, 15) is 0 Å². The van der Waals surface area contributed by atoms with Crippen LogP contribution in [0.2, 0.25) is 0 Å². The molecule has 0 atom stereocenters. The van der Waals surface area contributed by atoms with Crippen LogP contribution in [0.3, 0.4) is 0 Å². The van der Waals surface area contributed by atoms with Crippen molar-refractivity contribution in [1.29, 1.82) is 0 Å². The summed E-state index contributed by atoms with van der Waals surface area (Å²) in [5.41, 5.74) is 4.03. The molecule has 86 valence electrons. The van der Waals surface area contributed by atoms with Gasteiger partial charge in [0.25, 0.3) is 0 Å². The highest BCUT2D eigenvalue weighted by molar-refractivity contribution is 5.61. The zero-order valence-corrected chi connectivity index (χ0v) is 7.92. The second-order valence-corrected chi connectivity index (χ2v) is 1.89. The van der Waals surface area contributed by atoms with Crippen LogP contribution in [0.4, 0.5) is 4.79 Å². The minimum Gasteiger partial charge on any atom is -0.465 e. The van der Waals surface area contributed by atoms with Gasteiger partial charge in [0.05, 0.1) is 26.4 Å². The zero-order valence-electron chi connectivity index (χ0n) is 7.92. The number of primary amides is 1. The topological polar surface area (TPSA) is 125 Å². The summed E-state index contributed by atoms with van der Waals surface area (Å²) < 4.78 is 0. The Morgan fingerprint density at radius 2 is 1.57 bits per heavy atom. The number of aliphatic hydroxyl groups is 2. The molecule has 5 N–H and O–H groups in total. The van der Waals surface area contributed by atoms with Crippen LogP contribution in [0.25, 0.3) is 0 Å². The molecular weight excluding hydrogens is 196 g/mol. The predicted molar refractivity (Wildman–Crippen MR) is 46.1 cm³/mol. The van der Waals surface area contributed by atoms with Crippen molar-refractivity contribution in [3.05, 3.63) is 0 Å². The molecule has 0 spiro atoms. The molecule has 0 unspecified atom stereocenters. The molecule has 0 radical (unpaired) electrons. The summed E-state index contributed by atoms with van der Waals surface area (Å²) in [6.45, 7) is 0.295. The molecule has 0 aliphatic carbocycles. The van der Waals surface area contributed by atoms with Gasteiger partial charge < -0.3 is 21.1 Å². The van der Waals surface area contributed by atoms with Crippen LogP contribution in [0, 0.1) is 0 Å². The van der Waals surface area contributed by atoms with Gasteiger partial charge in [-0.3, -0.25) is 9.68 Å². The summed E-state index contributed by atoms with van der Waals surface area (Å²) in [4.78, 5) is 18.3. The molecule has 8 heteroatoms. The number of carboxylic acid groups (broad SMARTS) is 1. The maximum absolute atomic E-state index is 8.78. The number of hydrogen-bond acceptors (Lipinski definition) is 6. The summed E-state index contributed by atoms with van der Waals surface area (Å²) in [5.74, 6) is 0. The van der Waals surface area contributed by atoms with E-state index >= 15 is 0 Å². The van der Waals surface area contributed by atoms with Crippen molar-refractivity contribution < 1.29 is 29.8 Å². The van der Waals surface area contributed by atoms with Gasteiger partial charge in [0.1, 0.15) is 0 Å². The third-order valence-corrected chi connectivity index (χ3v) is 0.729. The van der Waals surface area contributed by atoms with E-state index in [2.05, 4.69) is 5.73 Å². The van der Waals surface area contributed by atoms with Gasteiger partial charge >= 0.3 is 6.09 Å². The molecule has 0 heterocycles. The molecule has 0 rings (SSSR count). The zero-order chi connectivity index (χ0) is 11.4. The SMILES string of the molecule is CN(OCCO)OCCO.NC(=O)O. The average molecular weight is 212 g/mol. The number of amides is 1. The minimum absolute atomic E-state index is 0.0488. The fourth-order valence-electron chi connectivity index (χ4n) is 0.376. The highest BCUT2D eigenvalue weighted by atomic mass is 16.9. The molecule has 0 aromatic carbocycles. The molecule has 0 aromatic heterocycles. The molecule has 8 nitrogen and oxygen atoms in total. The lowest BCUT2D eigenvalue weighted by molar-refractivity contribution is -0.356. The molecule has 0 fully saturated rings. The first-order valence-corrected chi connectivity index (χ1v) is 3.74. The standard InChI is InChI=1S/C5H13NO4.CH3NO2/c1-6(9-4-2-7)10-5-3-8;2-1(3)4/h7-8H,2-5H2,1H3;2H2,(H,3,4). The Balaban J connectivity index is 0. The number of nitrogens with two attached hydrogens (primary N) is 1. The fourth-order valence-corrected chi connectivity index (χ4v) is 0.376. The predicted octanol–water partition coefficient (Wildman–Crippen LogP) is -1.61. The van der Waals surface area contributed by atoms with E-state index in [1.807, 2.05) is 0 Å². The highest BCUT2D eigenvalue weighted by Crippen LogP contribution is 1.85. The Morgan fingerprint density at radius 1 is 1.29 bits per heavy atom. The summed E-state index contributed by atoms with van der Waals surface area (Å²) >= 11 is 0. The van der Waals surface area contributed by atoms with Gasteiger partial charge in [0.2, 0.25) is 0 Å². The van der Waals surface area contributed by atoms with Gasteiger partial charge in [0, 0.05) is 7.05 Å². The van der Waals surface area contributed by atoms with E-state index in [4.69, 9.17) is 29.8 Å². The highest BCUT2D eigenvalue weighted by Gasteiger charge is 1.95. The number of hydrogen-bond donors (Lipinski definition) is 4. The Labute approximate surface area is 81.3 Å². The average Bonchev–Trinajstić information content (AvgIpc) is 2.10. The quantitative estimate of drug-likeness (QED) is 0.390. The molecular formula is C6H16N2O6. The second kappa shape index (κ2) is 12.1. The number of nitrogens with zero attached hydrogens (tertiary/aromatic N) is 1. The van der Waals surface area contributed by atoms with Gasteiger partial charge in [-0.15, -0.1) is 0 Å². The van der Waals surface area contributed by atoms with Crippen molar-refractivity contribution in [2.24, 2.45) is 5.73 Å². The molecule has 0 saturated carbocycles. The third-order valence-electron chi connectivity index (χ3n) is 0.729. The van der Waals surface area contributed by atoms with Crippen LogP contribution in [-0.2, 0) is 9.68 Å². The molecule has 14 heavy (non-hydrogen) atoms. The number of aliphatic hydroxyl groups excluding tert-OH is 2. The van der Waals surface area contributed by atoms with Crippen molar-refractivity contribution in [1.82, 2.24) is 5.23 Å². The Hall–Kier alpha value is -0.930. The summed E-state index contributed by atoms with van der Waals surface area (Å²) in [6.07, 6.45) is -1.33. The van der Waals surface area contributed by atoms with Crippen molar-refractivity contribution in [2.75, 3.05) is 33.5 Å². The smallest absolute Gasteiger partial charge is 0.402 e. The van der Waals surface area contributed by atoms with Crippen LogP contribution >= 0.6 is 0 Å². The number of hydroxylamine groups is 2. The van der Waals surface area contributed by atoms with Crippen molar-refractivity contribution in [3.63, 3.8) is 0 Å². The minimum atomic E-state index is -1.33. The summed E-state index contributed by atoms with van der Waals surface area (Å²) in [7, 11) is 1.55. The van der Waals surface area contributed by atoms with Crippen molar-refractivity contribution in [2.45, 2.75) is 0 Å². The molecule has 1 amide bonds. The molecule has 0 aromatic rings. The lowest BCUT2D eigenvalue weighted by atomic mass is 10.8. The van der Waals surface area contributed by atoms with Gasteiger partial charge in [-0.2, -0.15) is 0 Å². The van der Waals surface area contributed by atoms with Crippen LogP contribution in [0.15, 0.2) is 0 Å². The van der Waals surface area contributed by atoms with E-state index in [1.54, 1.807) is 7.05 Å². The Kier molecular flexibility index (Phi) is 13.4. The fraction of sp³-hybridized carbons (Fsp3) is 0.833. The lowest BCUT2D eigenvalue weighted by Crippen LogP contribution is -2.22. The van der Waals surface area contributed by atoms with E-state index in [-0.39, 0.29) is 26.4 Å². The van der Waals surface area contributed by atoms with E-state index in [0.717, 1.165) is 5.23 Å². The summed E-state index contributed by atoms with van der Waals surface area (Å²) in [5, 5.41) is 24.9. The van der Waals surface area contributed by atoms with Gasteiger partial charge in [0.15, 0.2) is 0 Å². The van der Waals surface area contributed by atoms with E-state index in [1.165, 1.54) is 0 Å². The molecule has 0 aliphatic rings. The normalized spacial score (nSPS) is 9.43. The van der Waals surface area contributed by atoms with Gasteiger partial charge in [-0.25, -0.2) is 4.79 Å². The maximum Gasteiger partial charge on any atom is 0.402 e. The first kappa shape index (κ1) is 15.5. The monoisotopic (exact) mass is 212 g/mol. The number of rotatable bonds is 6. The Bertz CT molecular complexity index is 121. The van der Waals surface area contributed by atoms with E-state index in [0.29, 0.717) is 0 Å². The van der Waals surface area contributed by atoms with Gasteiger partial charge in [-0.05, 0) is 0 Å². The maximum atomic E-state index is 8.78. The van der Waals surface area contributed by atoms with Crippen molar-refractivity contribution >= 4 is 6.09 Å². The second-order valence-electron chi connectivity index (χ2n) is 1.89. The first-order chi connectivity index (χ1) is 6.54. The van der Waals surface area contributed by atoms with Crippen LogP contribution in [0.5, 0.6) is 0 Å². The van der Waals surface area contributed by atoms with Crippen molar-refractivity contribution in [3.8, 4) is 0 Å². The van der Waals surface area contributed by atoms with E-state index < -0.39 is 6.09 Å². The van der Waals surface area contributed by atoms with Crippen LogP contribution in [-0.4, -0.2) is 60.1 Å².